The number of carbonyl (C=O) groups is 1. The van der Waals surface area contributed by atoms with Gasteiger partial charge in [-0.3, -0.25) is 4.79 Å². The molecule has 1 N–H and O–H groups in total. The van der Waals surface area contributed by atoms with Gasteiger partial charge in [0.25, 0.3) is 0 Å². The Morgan fingerprint density at radius 1 is 1.50 bits per heavy atom. The molecule has 0 bridgehead atoms. The first-order valence-electron chi connectivity index (χ1n) is 5.65. The molecule has 0 spiro atoms. The Morgan fingerprint density at radius 2 is 2.25 bits per heavy atom. The fourth-order valence-electron chi connectivity index (χ4n) is 2.16. The molecule has 0 saturated heterocycles. The lowest BCUT2D eigenvalue weighted by Crippen LogP contribution is -2.20. The second kappa shape index (κ2) is 4.88. The van der Waals surface area contributed by atoms with E-state index in [1.165, 1.54) is 19.3 Å². The highest BCUT2D eigenvalue weighted by Crippen LogP contribution is 2.36. The Hall–Kier alpha value is -1.02. The first-order chi connectivity index (χ1) is 7.66. The van der Waals surface area contributed by atoms with E-state index in [2.05, 4.69) is 0 Å². The monoisotopic (exact) mass is 238 g/mol. The van der Waals surface area contributed by atoms with Crippen LogP contribution in [-0.4, -0.2) is 11.1 Å². The van der Waals surface area contributed by atoms with Crippen molar-refractivity contribution in [1.29, 1.82) is 0 Å². The third-order valence-corrected chi connectivity index (χ3v) is 3.58. The Bertz CT molecular complexity index is 385. The molecule has 1 aromatic rings. The minimum Gasteiger partial charge on any atom is -0.481 e. The first-order valence-corrected chi connectivity index (χ1v) is 6.03. The molecule has 1 saturated carbocycles. The predicted molar refractivity (Wildman–Crippen MR) is 63.8 cm³/mol. The van der Waals surface area contributed by atoms with Gasteiger partial charge < -0.3 is 5.11 Å². The van der Waals surface area contributed by atoms with Crippen LogP contribution in [0.5, 0.6) is 0 Å². The number of benzene rings is 1. The molecule has 1 fully saturated rings. The lowest BCUT2D eigenvalue weighted by atomic mass is 9.77. The summed E-state index contributed by atoms with van der Waals surface area (Å²) >= 11 is 5.89. The Balaban J connectivity index is 2.14. The van der Waals surface area contributed by atoms with Gasteiger partial charge in [-0.25, -0.2) is 0 Å². The van der Waals surface area contributed by atoms with Gasteiger partial charge in [-0.15, -0.1) is 0 Å². The standard InChI is InChI=1S/C13H15ClO2/c14-11-6-2-5-10(8-11)12(13(15)16)7-9-3-1-4-9/h2,5-6,8-9,12H,1,3-4,7H2,(H,15,16). The van der Waals surface area contributed by atoms with Gasteiger partial charge in [0.2, 0.25) is 0 Å². The second-order valence-electron chi connectivity index (χ2n) is 4.48. The summed E-state index contributed by atoms with van der Waals surface area (Å²) in [6.45, 7) is 0. The van der Waals surface area contributed by atoms with Gasteiger partial charge in [-0.05, 0) is 30.0 Å². The molecule has 1 aromatic carbocycles. The van der Waals surface area contributed by atoms with E-state index >= 15 is 0 Å². The van der Waals surface area contributed by atoms with E-state index in [0.29, 0.717) is 10.9 Å². The van der Waals surface area contributed by atoms with Crippen LogP contribution in [0.4, 0.5) is 0 Å². The van der Waals surface area contributed by atoms with Gasteiger partial charge >= 0.3 is 5.97 Å². The fourth-order valence-corrected chi connectivity index (χ4v) is 2.36. The highest BCUT2D eigenvalue weighted by molar-refractivity contribution is 6.30. The smallest absolute Gasteiger partial charge is 0.310 e. The maximum atomic E-state index is 11.2. The number of carboxylic acids is 1. The minimum absolute atomic E-state index is 0.399. The van der Waals surface area contributed by atoms with E-state index in [4.69, 9.17) is 11.6 Å². The first kappa shape index (κ1) is 11.5. The largest absolute Gasteiger partial charge is 0.481 e. The fraction of sp³-hybridized carbons (Fsp3) is 0.462. The molecule has 2 nitrogen and oxygen atoms in total. The second-order valence-corrected chi connectivity index (χ2v) is 4.91. The van der Waals surface area contributed by atoms with Crippen LogP contribution in [0.1, 0.15) is 37.2 Å². The normalized spacial score (nSPS) is 17.8. The molecule has 0 radical (unpaired) electrons. The molecule has 0 aliphatic heterocycles. The van der Waals surface area contributed by atoms with Gasteiger partial charge in [0.15, 0.2) is 0 Å². The maximum absolute atomic E-state index is 11.2. The van der Waals surface area contributed by atoms with Crippen LogP contribution in [-0.2, 0) is 4.79 Å². The number of aliphatic carboxylic acids is 1. The summed E-state index contributed by atoms with van der Waals surface area (Å²) in [4.78, 5) is 11.2. The van der Waals surface area contributed by atoms with Crippen LogP contribution in [0.2, 0.25) is 5.02 Å². The Kier molecular flexibility index (Phi) is 3.49. The van der Waals surface area contributed by atoms with Crippen molar-refractivity contribution < 1.29 is 9.90 Å². The van der Waals surface area contributed by atoms with Crippen LogP contribution in [0, 0.1) is 5.92 Å². The third kappa shape index (κ3) is 2.56. The van der Waals surface area contributed by atoms with Gasteiger partial charge in [-0.1, -0.05) is 43.0 Å². The van der Waals surface area contributed by atoms with Crippen molar-refractivity contribution >= 4 is 17.6 Å². The number of hydrogen-bond acceptors (Lipinski definition) is 1. The van der Waals surface area contributed by atoms with Crippen LogP contribution in [0.25, 0.3) is 0 Å². The third-order valence-electron chi connectivity index (χ3n) is 3.34. The zero-order valence-corrected chi connectivity index (χ0v) is 9.78. The summed E-state index contributed by atoms with van der Waals surface area (Å²) in [7, 11) is 0. The summed E-state index contributed by atoms with van der Waals surface area (Å²) in [5.74, 6) is -0.557. The summed E-state index contributed by atoms with van der Waals surface area (Å²) in [6, 6.07) is 7.20. The summed E-state index contributed by atoms with van der Waals surface area (Å²) in [6.07, 6.45) is 4.33. The van der Waals surface area contributed by atoms with Crippen molar-refractivity contribution in [3.8, 4) is 0 Å². The van der Waals surface area contributed by atoms with Gasteiger partial charge in [0.1, 0.15) is 0 Å². The number of hydrogen-bond donors (Lipinski definition) is 1. The van der Waals surface area contributed by atoms with Crippen molar-refractivity contribution in [2.24, 2.45) is 5.92 Å². The Labute approximate surface area is 100 Å². The van der Waals surface area contributed by atoms with E-state index in [-0.39, 0.29) is 0 Å². The Morgan fingerprint density at radius 3 is 2.75 bits per heavy atom. The molecule has 1 aliphatic carbocycles. The van der Waals surface area contributed by atoms with Gasteiger partial charge in [0.05, 0.1) is 5.92 Å². The van der Waals surface area contributed by atoms with Crippen molar-refractivity contribution in [2.45, 2.75) is 31.6 Å². The molecule has 1 atom stereocenters. The molecule has 16 heavy (non-hydrogen) atoms. The van der Waals surface area contributed by atoms with Crippen LogP contribution in [0.3, 0.4) is 0 Å². The van der Waals surface area contributed by atoms with Crippen LogP contribution < -0.4 is 0 Å². The average Bonchev–Trinajstić information content (AvgIpc) is 2.15. The van der Waals surface area contributed by atoms with Gasteiger partial charge in [0, 0.05) is 5.02 Å². The lowest BCUT2D eigenvalue weighted by molar-refractivity contribution is -0.139. The van der Waals surface area contributed by atoms with E-state index in [9.17, 15) is 9.90 Å². The molecule has 0 amide bonds. The average molecular weight is 239 g/mol. The summed E-state index contributed by atoms with van der Waals surface area (Å²) < 4.78 is 0. The van der Waals surface area contributed by atoms with E-state index in [1.807, 2.05) is 12.1 Å². The van der Waals surface area contributed by atoms with E-state index in [0.717, 1.165) is 12.0 Å². The molecule has 3 heteroatoms. The molecular formula is C13H15ClO2. The predicted octanol–water partition coefficient (Wildman–Crippen LogP) is 3.70. The topological polar surface area (TPSA) is 37.3 Å². The molecular weight excluding hydrogens is 224 g/mol. The molecule has 0 aromatic heterocycles. The molecule has 0 heterocycles. The summed E-state index contributed by atoms with van der Waals surface area (Å²) in [5.41, 5.74) is 0.826. The van der Waals surface area contributed by atoms with E-state index in [1.54, 1.807) is 12.1 Å². The number of rotatable bonds is 4. The summed E-state index contributed by atoms with van der Waals surface area (Å²) in [5, 5.41) is 9.85. The minimum atomic E-state index is -0.742. The molecule has 86 valence electrons. The SMILES string of the molecule is O=C(O)C(CC1CCC1)c1cccc(Cl)c1. The van der Waals surface area contributed by atoms with Crippen molar-refractivity contribution in [1.82, 2.24) is 0 Å². The lowest BCUT2D eigenvalue weighted by Gasteiger charge is -2.28. The molecule has 2 rings (SSSR count). The highest BCUT2D eigenvalue weighted by atomic mass is 35.5. The number of carboxylic acid groups (broad SMARTS) is 1. The molecule has 1 aliphatic rings. The van der Waals surface area contributed by atoms with Crippen LogP contribution >= 0.6 is 11.6 Å². The van der Waals surface area contributed by atoms with Crippen molar-refractivity contribution in [2.75, 3.05) is 0 Å². The van der Waals surface area contributed by atoms with Crippen molar-refractivity contribution in [3.63, 3.8) is 0 Å². The highest BCUT2D eigenvalue weighted by Gasteiger charge is 2.27. The van der Waals surface area contributed by atoms with Crippen LogP contribution in [0.15, 0.2) is 24.3 Å². The maximum Gasteiger partial charge on any atom is 0.310 e. The molecule has 1 unspecified atom stereocenters. The quantitative estimate of drug-likeness (QED) is 0.869. The number of halogens is 1. The van der Waals surface area contributed by atoms with E-state index < -0.39 is 11.9 Å². The van der Waals surface area contributed by atoms with Crippen molar-refractivity contribution in [3.05, 3.63) is 34.9 Å². The van der Waals surface area contributed by atoms with Gasteiger partial charge in [-0.2, -0.15) is 0 Å². The zero-order valence-electron chi connectivity index (χ0n) is 9.03. The zero-order chi connectivity index (χ0) is 11.5.